The van der Waals surface area contributed by atoms with Crippen LogP contribution in [0.25, 0.3) is 0 Å². The molecule has 1 aromatic carbocycles. The highest BCUT2D eigenvalue weighted by molar-refractivity contribution is 5.96. The van der Waals surface area contributed by atoms with E-state index in [-0.39, 0.29) is 5.91 Å². The second-order valence-electron chi connectivity index (χ2n) is 5.67. The van der Waals surface area contributed by atoms with Crippen LogP contribution < -0.4 is 5.73 Å². The van der Waals surface area contributed by atoms with Gasteiger partial charge in [-0.3, -0.25) is 4.79 Å². The van der Waals surface area contributed by atoms with E-state index in [1.807, 2.05) is 23.1 Å². The normalized spacial score (nSPS) is 20.7. The molecular formula is C15H20N2O. The van der Waals surface area contributed by atoms with Gasteiger partial charge in [-0.25, -0.2) is 0 Å². The van der Waals surface area contributed by atoms with Crippen LogP contribution in [0.2, 0.25) is 0 Å². The highest BCUT2D eigenvalue weighted by Crippen LogP contribution is 2.49. The number of rotatable bonds is 4. The number of nitrogens with two attached hydrogens (primary N) is 1. The van der Waals surface area contributed by atoms with Crippen LogP contribution in [0.3, 0.4) is 0 Å². The minimum Gasteiger partial charge on any atom is -0.338 e. The zero-order valence-corrected chi connectivity index (χ0v) is 10.7. The molecular weight excluding hydrogens is 224 g/mol. The van der Waals surface area contributed by atoms with Crippen molar-refractivity contribution >= 4 is 5.91 Å². The molecule has 18 heavy (non-hydrogen) atoms. The number of carbonyl (C=O) groups is 1. The first kappa shape index (κ1) is 11.7. The van der Waals surface area contributed by atoms with Crippen LogP contribution in [-0.2, 0) is 6.42 Å². The van der Waals surface area contributed by atoms with Gasteiger partial charge in [-0.05, 0) is 49.3 Å². The summed E-state index contributed by atoms with van der Waals surface area (Å²) >= 11 is 0. The molecule has 3 heteroatoms. The molecule has 1 aliphatic carbocycles. The molecule has 1 fully saturated rings. The summed E-state index contributed by atoms with van der Waals surface area (Å²) in [7, 11) is 0. The smallest absolute Gasteiger partial charge is 0.254 e. The van der Waals surface area contributed by atoms with E-state index in [4.69, 9.17) is 5.73 Å². The first-order chi connectivity index (χ1) is 8.74. The van der Waals surface area contributed by atoms with Gasteiger partial charge in [-0.1, -0.05) is 18.2 Å². The second-order valence-corrected chi connectivity index (χ2v) is 5.67. The molecule has 2 aliphatic rings. The number of hydrogen-bond donors (Lipinski definition) is 1. The third kappa shape index (κ3) is 2.03. The Morgan fingerprint density at radius 1 is 1.28 bits per heavy atom. The Bertz CT molecular complexity index is 465. The molecule has 96 valence electrons. The van der Waals surface area contributed by atoms with E-state index < -0.39 is 0 Å². The maximum Gasteiger partial charge on any atom is 0.254 e. The average molecular weight is 244 g/mol. The lowest BCUT2D eigenvalue weighted by Gasteiger charge is -2.32. The van der Waals surface area contributed by atoms with E-state index in [1.54, 1.807) is 0 Å². The predicted molar refractivity (Wildman–Crippen MR) is 71.4 cm³/mol. The third-order valence-electron chi connectivity index (χ3n) is 4.34. The van der Waals surface area contributed by atoms with Gasteiger partial charge in [0.1, 0.15) is 0 Å². The second kappa shape index (κ2) is 4.39. The molecule has 0 saturated heterocycles. The summed E-state index contributed by atoms with van der Waals surface area (Å²) in [4.78, 5) is 14.5. The van der Waals surface area contributed by atoms with Crippen molar-refractivity contribution in [1.29, 1.82) is 0 Å². The van der Waals surface area contributed by atoms with Crippen LogP contribution in [0.5, 0.6) is 0 Å². The van der Waals surface area contributed by atoms with E-state index in [0.717, 1.165) is 38.0 Å². The van der Waals surface area contributed by atoms with Crippen LogP contribution >= 0.6 is 0 Å². The Labute approximate surface area is 108 Å². The molecule has 0 aromatic heterocycles. The van der Waals surface area contributed by atoms with Gasteiger partial charge in [-0.2, -0.15) is 0 Å². The van der Waals surface area contributed by atoms with Crippen molar-refractivity contribution in [1.82, 2.24) is 4.90 Å². The molecule has 1 aromatic rings. The first-order valence-corrected chi connectivity index (χ1v) is 6.81. The molecule has 1 saturated carbocycles. The van der Waals surface area contributed by atoms with E-state index in [1.165, 1.54) is 18.4 Å². The molecule has 3 nitrogen and oxygen atoms in total. The SMILES string of the molecule is NCCC1(CN2CCc3ccccc3C2=O)CC1. The molecule has 1 amide bonds. The lowest BCUT2D eigenvalue weighted by atomic mass is 9.96. The van der Waals surface area contributed by atoms with Gasteiger partial charge in [0.25, 0.3) is 5.91 Å². The molecule has 0 unspecified atom stereocenters. The number of hydrogen-bond acceptors (Lipinski definition) is 2. The Balaban J connectivity index is 1.75. The Kier molecular flexibility index (Phi) is 2.86. The first-order valence-electron chi connectivity index (χ1n) is 6.81. The van der Waals surface area contributed by atoms with Crippen LogP contribution in [0.1, 0.15) is 35.2 Å². The lowest BCUT2D eigenvalue weighted by Crippen LogP contribution is -2.41. The highest BCUT2D eigenvalue weighted by Gasteiger charge is 2.44. The topological polar surface area (TPSA) is 46.3 Å². The number of fused-ring (bicyclic) bond motifs is 1. The van der Waals surface area contributed by atoms with Crippen molar-refractivity contribution in [3.05, 3.63) is 35.4 Å². The maximum absolute atomic E-state index is 12.4. The molecule has 2 N–H and O–H groups in total. The van der Waals surface area contributed by atoms with Crippen molar-refractivity contribution in [2.75, 3.05) is 19.6 Å². The molecule has 0 bridgehead atoms. The molecule has 3 rings (SSSR count). The summed E-state index contributed by atoms with van der Waals surface area (Å²) in [5, 5.41) is 0. The van der Waals surface area contributed by atoms with Crippen LogP contribution in [0.15, 0.2) is 24.3 Å². The zero-order valence-electron chi connectivity index (χ0n) is 10.7. The summed E-state index contributed by atoms with van der Waals surface area (Å²) in [6, 6.07) is 7.98. The molecule has 0 atom stereocenters. The summed E-state index contributed by atoms with van der Waals surface area (Å²) in [6.07, 6.45) is 4.50. The van der Waals surface area contributed by atoms with E-state index >= 15 is 0 Å². The van der Waals surface area contributed by atoms with E-state index in [9.17, 15) is 4.79 Å². The number of benzene rings is 1. The maximum atomic E-state index is 12.4. The summed E-state index contributed by atoms with van der Waals surface area (Å²) < 4.78 is 0. The fourth-order valence-corrected chi connectivity index (χ4v) is 3.00. The zero-order chi connectivity index (χ0) is 12.6. The minimum atomic E-state index is 0.208. The van der Waals surface area contributed by atoms with Crippen molar-refractivity contribution in [2.24, 2.45) is 11.1 Å². The fraction of sp³-hybridized carbons (Fsp3) is 0.533. The summed E-state index contributed by atoms with van der Waals surface area (Å²) in [5.74, 6) is 0.208. The summed E-state index contributed by atoms with van der Waals surface area (Å²) in [5.41, 5.74) is 8.10. The summed E-state index contributed by atoms with van der Waals surface area (Å²) in [6.45, 7) is 2.50. The fourth-order valence-electron chi connectivity index (χ4n) is 3.00. The monoisotopic (exact) mass is 244 g/mol. The van der Waals surface area contributed by atoms with Crippen LogP contribution in [-0.4, -0.2) is 30.4 Å². The van der Waals surface area contributed by atoms with Gasteiger partial charge in [0, 0.05) is 18.7 Å². The number of amides is 1. The van der Waals surface area contributed by atoms with Crippen molar-refractivity contribution in [3.63, 3.8) is 0 Å². The van der Waals surface area contributed by atoms with E-state index in [0.29, 0.717) is 5.41 Å². The Morgan fingerprint density at radius 3 is 2.78 bits per heavy atom. The Hall–Kier alpha value is -1.35. The van der Waals surface area contributed by atoms with Gasteiger partial charge >= 0.3 is 0 Å². The highest BCUT2D eigenvalue weighted by atomic mass is 16.2. The van der Waals surface area contributed by atoms with Gasteiger partial charge in [-0.15, -0.1) is 0 Å². The molecule has 0 spiro atoms. The van der Waals surface area contributed by atoms with Gasteiger partial charge < -0.3 is 10.6 Å². The standard InChI is InChI=1S/C15H20N2O/c16-9-8-15(6-7-15)11-17-10-5-12-3-1-2-4-13(12)14(17)18/h1-4H,5-11,16H2. The van der Waals surface area contributed by atoms with Crippen molar-refractivity contribution < 1.29 is 4.79 Å². The van der Waals surface area contributed by atoms with Crippen molar-refractivity contribution in [3.8, 4) is 0 Å². The van der Waals surface area contributed by atoms with Crippen LogP contribution in [0, 0.1) is 5.41 Å². The molecule has 1 aliphatic heterocycles. The van der Waals surface area contributed by atoms with Gasteiger partial charge in [0.2, 0.25) is 0 Å². The van der Waals surface area contributed by atoms with Gasteiger partial charge in [0.15, 0.2) is 0 Å². The predicted octanol–water partition coefficient (Wildman–Crippen LogP) is 1.81. The van der Waals surface area contributed by atoms with Crippen LogP contribution in [0.4, 0.5) is 0 Å². The number of carbonyl (C=O) groups excluding carboxylic acids is 1. The van der Waals surface area contributed by atoms with Gasteiger partial charge in [0.05, 0.1) is 0 Å². The average Bonchev–Trinajstić information content (AvgIpc) is 3.14. The van der Waals surface area contributed by atoms with Crippen molar-refractivity contribution in [2.45, 2.75) is 25.7 Å². The molecule has 0 radical (unpaired) electrons. The minimum absolute atomic E-state index is 0.208. The quantitative estimate of drug-likeness (QED) is 0.878. The largest absolute Gasteiger partial charge is 0.338 e. The lowest BCUT2D eigenvalue weighted by molar-refractivity contribution is 0.0698. The third-order valence-corrected chi connectivity index (χ3v) is 4.34. The Morgan fingerprint density at radius 2 is 2.06 bits per heavy atom. The molecule has 1 heterocycles. The number of nitrogens with zero attached hydrogens (tertiary/aromatic N) is 1. The van der Waals surface area contributed by atoms with E-state index in [2.05, 4.69) is 6.07 Å².